The molecule has 45 heavy (non-hydrogen) atoms. The SMILES string of the molecule is c1ccc(-c2c3ccccc3c(-c3cccc(-c4cccc(-n5c6ccccc6c6ccncc65)n4)n3)c3ccccc23)cc1. The molecule has 0 N–H and O–H groups in total. The van der Waals surface area contributed by atoms with E-state index in [0.29, 0.717) is 0 Å². The number of hydrogen-bond donors (Lipinski definition) is 0. The van der Waals surface area contributed by atoms with Crippen molar-refractivity contribution in [2.45, 2.75) is 0 Å². The van der Waals surface area contributed by atoms with Gasteiger partial charge in [0.15, 0.2) is 0 Å². The van der Waals surface area contributed by atoms with Crippen LogP contribution in [0.3, 0.4) is 0 Å². The first-order valence-electron chi connectivity index (χ1n) is 15.1. The van der Waals surface area contributed by atoms with Crippen molar-refractivity contribution in [1.82, 2.24) is 19.5 Å². The minimum Gasteiger partial charge on any atom is -0.292 e. The van der Waals surface area contributed by atoms with Crippen molar-refractivity contribution >= 4 is 43.4 Å². The standard InChI is InChI=1S/C41H26N4/c1-2-12-27(13-3-1)40-30-15-4-6-17-32(30)41(33-18-7-5-16-31(33)40)36-21-10-19-34(43-36)35-20-11-23-39(44-35)45-37-22-9-8-14-28(37)29-24-25-42-26-38(29)45/h1-26H. The molecule has 0 spiro atoms. The number of pyridine rings is 3. The zero-order valence-electron chi connectivity index (χ0n) is 24.3. The third kappa shape index (κ3) is 4.04. The Morgan fingerprint density at radius 1 is 0.378 bits per heavy atom. The highest BCUT2D eigenvalue weighted by atomic mass is 15.1. The summed E-state index contributed by atoms with van der Waals surface area (Å²) in [6.45, 7) is 0. The topological polar surface area (TPSA) is 43.6 Å². The Bertz CT molecular complexity index is 2440. The summed E-state index contributed by atoms with van der Waals surface area (Å²) in [7, 11) is 0. The Morgan fingerprint density at radius 2 is 0.933 bits per heavy atom. The highest BCUT2D eigenvalue weighted by Gasteiger charge is 2.18. The maximum Gasteiger partial charge on any atom is 0.138 e. The van der Waals surface area contributed by atoms with Crippen molar-refractivity contribution in [2.24, 2.45) is 0 Å². The number of benzene rings is 5. The van der Waals surface area contributed by atoms with E-state index in [1.165, 1.54) is 38.1 Å². The van der Waals surface area contributed by atoms with Gasteiger partial charge in [-0.3, -0.25) is 9.55 Å². The van der Waals surface area contributed by atoms with Gasteiger partial charge in [0.1, 0.15) is 5.82 Å². The number of aromatic nitrogens is 4. The van der Waals surface area contributed by atoms with E-state index in [9.17, 15) is 0 Å². The van der Waals surface area contributed by atoms with Crippen molar-refractivity contribution in [1.29, 1.82) is 0 Å². The summed E-state index contributed by atoms with van der Waals surface area (Å²) in [4.78, 5) is 14.9. The van der Waals surface area contributed by atoms with Crippen LogP contribution in [-0.4, -0.2) is 19.5 Å². The second kappa shape index (κ2) is 10.2. The highest BCUT2D eigenvalue weighted by molar-refractivity contribution is 6.21. The highest BCUT2D eigenvalue weighted by Crippen LogP contribution is 2.43. The van der Waals surface area contributed by atoms with Gasteiger partial charge in [-0.2, -0.15) is 0 Å². The molecule has 210 valence electrons. The zero-order chi connectivity index (χ0) is 29.7. The number of hydrogen-bond acceptors (Lipinski definition) is 3. The van der Waals surface area contributed by atoms with Crippen LogP contribution in [0.4, 0.5) is 0 Å². The lowest BCUT2D eigenvalue weighted by Gasteiger charge is -2.17. The lowest BCUT2D eigenvalue weighted by Crippen LogP contribution is -1.99. The summed E-state index contributed by atoms with van der Waals surface area (Å²) in [5.41, 5.74) is 8.29. The van der Waals surface area contributed by atoms with Crippen LogP contribution < -0.4 is 0 Å². The molecular formula is C41H26N4. The third-order valence-corrected chi connectivity index (χ3v) is 8.70. The minimum absolute atomic E-state index is 0.818. The van der Waals surface area contributed by atoms with Crippen molar-refractivity contribution in [2.75, 3.05) is 0 Å². The number of para-hydroxylation sites is 1. The van der Waals surface area contributed by atoms with E-state index in [2.05, 4.69) is 143 Å². The fourth-order valence-corrected chi connectivity index (χ4v) is 6.79. The first kappa shape index (κ1) is 25.4. The van der Waals surface area contributed by atoms with E-state index in [1.807, 2.05) is 24.5 Å². The lowest BCUT2D eigenvalue weighted by molar-refractivity contribution is 1.07. The molecule has 4 nitrogen and oxygen atoms in total. The predicted octanol–water partition coefficient (Wildman–Crippen LogP) is 10.3. The Balaban J connectivity index is 1.25. The Kier molecular flexibility index (Phi) is 5.78. The first-order valence-corrected chi connectivity index (χ1v) is 15.1. The van der Waals surface area contributed by atoms with Crippen LogP contribution in [0.1, 0.15) is 0 Å². The van der Waals surface area contributed by atoms with Crippen LogP contribution >= 0.6 is 0 Å². The molecule has 0 aliphatic carbocycles. The summed E-state index contributed by atoms with van der Waals surface area (Å²) < 4.78 is 2.19. The second-order valence-corrected chi connectivity index (χ2v) is 11.2. The quantitative estimate of drug-likeness (QED) is 0.196. The maximum absolute atomic E-state index is 5.28. The Morgan fingerprint density at radius 3 is 1.67 bits per heavy atom. The number of fused-ring (bicyclic) bond motifs is 5. The van der Waals surface area contributed by atoms with Crippen LogP contribution in [0, 0.1) is 0 Å². The van der Waals surface area contributed by atoms with Gasteiger partial charge in [-0.15, -0.1) is 0 Å². The van der Waals surface area contributed by atoms with Gasteiger partial charge in [-0.05, 0) is 69.1 Å². The van der Waals surface area contributed by atoms with Gasteiger partial charge in [0.25, 0.3) is 0 Å². The summed E-state index contributed by atoms with van der Waals surface area (Å²) in [6.07, 6.45) is 3.76. The van der Waals surface area contributed by atoms with Crippen molar-refractivity contribution in [3.63, 3.8) is 0 Å². The Hall–Kier alpha value is -6.13. The minimum atomic E-state index is 0.818. The first-order chi connectivity index (χ1) is 22.3. The summed E-state index contributed by atoms with van der Waals surface area (Å²) in [5, 5.41) is 7.12. The average Bonchev–Trinajstić information content (AvgIpc) is 3.45. The molecule has 4 heterocycles. The van der Waals surface area contributed by atoms with E-state index < -0.39 is 0 Å². The van der Waals surface area contributed by atoms with Crippen molar-refractivity contribution in [3.05, 3.63) is 158 Å². The Labute approximate surface area is 259 Å². The van der Waals surface area contributed by atoms with Gasteiger partial charge in [-0.25, -0.2) is 9.97 Å². The zero-order valence-corrected chi connectivity index (χ0v) is 24.3. The normalized spacial score (nSPS) is 11.6. The predicted molar refractivity (Wildman–Crippen MR) is 185 cm³/mol. The third-order valence-electron chi connectivity index (χ3n) is 8.70. The van der Waals surface area contributed by atoms with Crippen LogP contribution in [-0.2, 0) is 0 Å². The van der Waals surface area contributed by atoms with Gasteiger partial charge in [0.05, 0.1) is 34.3 Å². The maximum atomic E-state index is 5.28. The van der Waals surface area contributed by atoms with Gasteiger partial charge in [0, 0.05) is 22.5 Å². The molecule has 4 aromatic heterocycles. The molecule has 0 bridgehead atoms. The molecule has 0 saturated heterocycles. The molecule has 9 aromatic rings. The van der Waals surface area contributed by atoms with E-state index in [0.717, 1.165) is 44.9 Å². The molecular weight excluding hydrogens is 548 g/mol. The van der Waals surface area contributed by atoms with Crippen LogP contribution in [0.15, 0.2) is 158 Å². The monoisotopic (exact) mass is 574 g/mol. The van der Waals surface area contributed by atoms with E-state index in [4.69, 9.17) is 9.97 Å². The fraction of sp³-hybridized carbons (Fsp3) is 0. The van der Waals surface area contributed by atoms with Gasteiger partial charge in [-0.1, -0.05) is 109 Å². The number of rotatable bonds is 4. The number of nitrogens with zero attached hydrogens (tertiary/aromatic N) is 4. The molecule has 0 radical (unpaired) electrons. The van der Waals surface area contributed by atoms with Crippen LogP contribution in [0.25, 0.3) is 82.9 Å². The largest absolute Gasteiger partial charge is 0.292 e. The molecule has 0 saturated carbocycles. The average molecular weight is 575 g/mol. The van der Waals surface area contributed by atoms with E-state index in [-0.39, 0.29) is 0 Å². The molecule has 9 rings (SSSR count). The van der Waals surface area contributed by atoms with Crippen LogP contribution in [0.2, 0.25) is 0 Å². The molecule has 0 fully saturated rings. The molecule has 0 unspecified atom stereocenters. The van der Waals surface area contributed by atoms with Crippen molar-refractivity contribution < 1.29 is 0 Å². The van der Waals surface area contributed by atoms with Gasteiger partial charge in [0.2, 0.25) is 0 Å². The van der Waals surface area contributed by atoms with E-state index >= 15 is 0 Å². The smallest absolute Gasteiger partial charge is 0.138 e. The summed E-state index contributed by atoms with van der Waals surface area (Å²) >= 11 is 0. The van der Waals surface area contributed by atoms with E-state index in [1.54, 1.807) is 0 Å². The van der Waals surface area contributed by atoms with Crippen LogP contribution in [0.5, 0.6) is 0 Å². The summed E-state index contributed by atoms with van der Waals surface area (Å²) in [5.74, 6) is 0.835. The second-order valence-electron chi connectivity index (χ2n) is 11.2. The fourth-order valence-electron chi connectivity index (χ4n) is 6.79. The van der Waals surface area contributed by atoms with Gasteiger partial charge < -0.3 is 0 Å². The molecule has 0 aliphatic rings. The lowest BCUT2D eigenvalue weighted by atomic mass is 9.87. The molecule has 5 aromatic carbocycles. The molecule has 0 atom stereocenters. The molecule has 4 heteroatoms. The molecule has 0 aliphatic heterocycles. The van der Waals surface area contributed by atoms with Crippen molar-refractivity contribution in [3.8, 4) is 39.6 Å². The molecule has 0 amide bonds. The van der Waals surface area contributed by atoms with Gasteiger partial charge >= 0.3 is 0 Å². The summed E-state index contributed by atoms with van der Waals surface area (Å²) in [6, 6.07) is 50.9.